The second kappa shape index (κ2) is 4.95. The number of anilines is 1. The highest BCUT2D eigenvalue weighted by Gasteiger charge is 2.23. The molecule has 0 saturated carbocycles. The number of amides is 2. The molecule has 0 aromatic heterocycles. The summed E-state index contributed by atoms with van der Waals surface area (Å²) in [5, 5.41) is 5.44. The van der Waals surface area contributed by atoms with E-state index in [2.05, 4.69) is 10.6 Å². The average Bonchev–Trinajstić information content (AvgIpc) is 2.75. The lowest BCUT2D eigenvalue weighted by Gasteiger charge is -2.11. The molecule has 1 aromatic rings. The van der Waals surface area contributed by atoms with Gasteiger partial charge >= 0.3 is 0 Å². The van der Waals surface area contributed by atoms with E-state index in [4.69, 9.17) is 10.5 Å². The van der Waals surface area contributed by atoms with Gasteiger partial charge in [-0.25, -0.2) is 0 Å². The van der Waals surface area contributed by atoms with Gasteiger partial charge in [0.05, 0.1) is 18.8 Å². The van der Waals surface area contributed by atoms with Crippen LogP contribution in [0.15, 0.2) is 18.2 Å². The first-order chi connectivity index (χ1) is 8.60. The van der Waals surface area contributed by atoms with Crippen molar-refractivity contribution in [3.8, 4) is 5.75 Å². The topological polar surface area (TPSA) is 93.5 Å². The first-order valence-electron chi connectivity index (χ1n) is 5.61. The Morgan fingerprint density at radius 3 is 2.94 bits per heavy atom. The van der Waals surface area contributed by atoms with E-state index < -0.39 is 0 Å². The van der Waals surface area contributed by atoms with Crippen molar-refractivity contribution in [2.45, 2.75) is 12.5 Å². The van der Waals surface area contributed by atoms with Crippen molar-refractivity contribution in [2.24, 2.45) is 0 Å². The molecule has 0 radical (unpaired) electrons. The van der Waals surface area contributed by atoms with Gasteiger partial charge in [-0.15, -0.1) is 0 Å². The van der Waals surface area contributed by atoms with Crippen LogP contribution >= 0.6 is 0 Å². The van der Waals surface area contributed by atoms with Gasteiger partial charge in [0.25, 0.3) is 5.91 Å². The Balaban J connectivity index is 2.07. The second-order valence-corrected chi connectivity index (χ2v) is 4.14. The maximum absolute atomic E-state index is 11.9. The molecular weight excluding hydrogens is 234 g/mol. The van der Waals surface area contributed by atoms with Gasteiger partial charge in [0.15, 0.2) is 0 Å². The van der Waals surface area contributed by atoms with Gasteiger partial charge < -0.3 is 21.1 Å². The van der Waals surface area contributed by atoms with Crippen LogP contribution in [0.2, 0.25) is 0 Å². The van der Waals surface area contributed by atoms with E-state index in [9.17, 15) is 9.59 Å². The van der Waals surface area contributed by atoms with Crippen LogP contribution in [0.4, 0.5) is 5.69 Å². The van der Waals surface area contributed by atoms with Crippen molar-refractivity contribution in [1.82, 2.24) is 10.6 Å². The summed E-state index contributed by atoms with van der Waals surface area (Å²) in [5.74, 6) is 0.174. The number of carbonyl (C=O) groups excluding carboxylic acids is 2. The summed E-state index contributed by atoms with van der Waals surface area (Å²) in [6.45, 7) is 0.469. The Bertz CT molecular complexity index is 487. The fraction of sp³-hybridized carbons (Fsp3) is 0.333. The first-order valence-corrected chi connectivity index (χ1v) is 5.61. The zero-order valence-electron chi connectivity index (χ0n) is 10.0. The van der Waals surface area contributed by atoms with Crippen LogP contribution in [-0.2, 0) is 4.79 Å². The molecule has 1 aliphatic heterocycles. The molecule has 1 saturated heterocycles. The molecule has 1 atom stereocenters. The molecule has 0 bridgehead atoms. The number of ether oxygens (including phenoxy) is 1. The third-order valence-corrected chi connectivity index (χ3v) is 2.81. The van der Waals surface area contributed by atoms with Crippen molar-refractivity contribution in [1.29, 1.82) is 0 Å². The predicted octanol–water partition coefficient (Wildman–Crippen LogP) is -0.104. The molecule has 1 aliphatic rings. The molecule has 1 fully saturated rings. The van der Waals surface area contributed by atoms with Gasteiger partial charge in [0.2, 0.25) is 5.91 Å². The SMILES string of the molecule is COc1cc(C(=O)NC2CNC(=O)C2)ccc1N. The Labute approximate surface area is 104 Å². The van der Waals surface area contributed by atoms with E-state index in [0.717, 1.165) is 0 Å². The highest BCUT2D eigenvalue weighted by atomic mass is 16.5. The molecule has 6 heteroatoms. The van der Waals surface area contributed by atoms with E-state index in [1.165, 1.54) is 7.11 Å². The second-order valence-electron chi connectivity index (χ2n) is 4.14. The van der Waals surface area contributed by atoms with Gasteiger partial charge in [-0.05, 0) is 18.2 Å². The van der Waals surface area contributed by atoms with Crippen LogP contribution in [0, 0.1) is 0 Å². The maximum atomic E-state index is 11.9. The minimum atomic E-state index is -0.241. The Morgan fingerprint density at radius 2 is 2.33 bits per heavy atom. The van der Waals surface area contributed by atoms with Crippen molar-refractivity contribution in [3.05, 3.63) is 23.8 Å². The Hall–Kier alpha value is -2.24. The largest absolute Gasteiger partial charge is 0.495 e. The summed E-state index contributed by atoms with van der Waals surface area (Å²) >= 11 is 0. The fourth-order valence-corrected chi connectivity index (χ4v) is 1.83. The number of carbonyl (C=O) groups is 2. The molecular formula is C12H15N3O3. The van der Waals surface area contributed by atoms with Crippen LogP contribution in [0.25, 0.3) is 0 Å². The number of hydrogen-bond acceptors (Lipinski definition) is 4. The van der Waals surface area contributed by atoms with Crippen LogP contribution in [-0.4, -0.2) is 31.5 Å². The Morgan fingerprint density at radius 1 is 1.56 bits per heavy atom. The number of nitrogens with one attached hydrogen (secondary N) is 2. The highest BCUT2D eigenvalue weighted by molar-refractivity contribution is 5.96. The van der Waals surface area contributed by atoms with E-state index in [1.807, 2.05) is 0 Å². The molecule has 0 aliphatic carbocycles. The summed E-state index contributed by atoms with van der Waals surface area (Å²) in [6, 6.07) is 4.66. The number of benzene rings is 1. The van der Waals surface area contributed by atoms with Gasteiger partial charge in [0, 0.05) is 18.5 Å². The molecule has 96 valence electrons. The van der Waals surface area contributed by atoms with E-state index in [0.29, 0.717) is 30.0 Å². The predicted molar refractivity (Wildman–Crippen MR) is 66.3 cm³/mol. The summed E-state index contributed by atoms with van der Waals surface area (Å²) in [5.41, 5.74) is 6.61. The summed E-state index contributed by atoms with van der Waals surface area (Å²) in [6.07, 6.45) is 0.317. The molecule has 18 heavy (non-hydrogen) atoms. The number of hydrogen-bond donors (Lipinski definition) is 3. The average molecular weight is 249 g/mol. The van der Waals surface area contributed by atoms with Crippen molar-refractivity contribution < 1.29 is 14.3 Å². The normalized spacial score (nSPS) is 18.3. The molecule has 1 heterocycles. The quantitative estimate of drug-likeness (QED) is 0.652. The minimum absolute atomic E-state index is 0.0461. The lowest BCUT2D eigenvalue weighted by molar-refractivity contribution is -0.119. The first kappa shape index (κ1) is 12.2. The zero-order valence-corrected chi connectivity index (χ0v) is 10.0. The van der Waals surface area contributed by atoms with Gasteiger partial charge in [-0.2, -0.15) is 0 Å². The van der Waals surface area contributed by atoms with Gasteiger partial charge in [0.1, 0.15) is 5.75 Å². The smallest absolute Gasteiger partial charge is 0.251 e. The minimum Gasteiger partial charge on any atom is -0.495 e. The van der Waals surface area contributed by atoms with E-state index in [1.54, 1.807) is 18.2 Å². The Kier molecular flexibility index (Phi) is 3.36. The van der Waals surface area contributed by atoms with Crippen LogP contribution in [0.1, 0.15) is 16.8 Å². The third-order valence-electron chi connectivity index (χ3n) is 2.81. The molecule has 2 rings (SSSR count). The monoisotopic (exact) mass is 249 g/mol. The molecule has 4 N–H and O–H groups in total. The lowest BCUT2D eigenvalue weighted by atomic mass is 10.1. The molecule has 0 spiro atoms. The van der Waals surface area contributed by atoms with E-state index >= 15 is 0 Å². The fourth-order valence-electron chi connectivity index (χ4n) is 1.83. The molecule has 1 aromatic carbocycles. The van der Waals surface area contributed by atoms with E-state index in [-0.39, 0.29) is 17.9 Å². The van der Waals surface area contributed by atoms with Gasteiger partial charge in [-0.1, -0.05) is 0 Å². The van der Waals surface area contributed by atoms with Crippen molar-refractivity contribution in [2.75, 3.05) is 19.4 Å². The third kappa shape index (κ3) is 2.53. The maximum Gasteiger partial charge on any atom is 0.251 e. The number of rotatable bonds is 3. The standard InChI is InChI=1S/C12H15N3O3/c1-18-10-4-7(2-3-9(10)13)12(17)15-8-5-11(16)14-6-8/h2-4,8H,5-6,13H2,1H3,(H,14,16)(H,15,17). The lowest BCUT2D eigenvalue weighted by Crippen LogP contribution is -2.36. The zero-order chi connectivity index (χ0) is 13.1. The van der Waals surface area contributed by atoms with Crippen LogP contribution < -0.4 is 21.1 Å². The molecule has 1 unspecified atom stereocenters. The number of methoxy groups -OCH3 is 1. The van der Waals surface area contributed by atoms with Gasteiger partial charge in [-0.3, -0.25) is 9.59 Å². The van der Waals surface area contributed by atoms with Crippen LogP contribution in [0.5, 0.6) is 5.75 Å². The molecule has 6 nitrogen and oxygen atoms in total. The number of nitrogen functional groups attached to an aromatic ring is 1. The summed E-state index contributed by atoms with van der Waals surface area (Å²) in [7, 11) is 1.49. The number of nitrogens with two attached hydrogens (primary N) is 1. The highest BCUT2D eigenvalue weighted by Crippen LogP contribution is 2.22. The molecule has 2 amide bonds. The summed E-state index contributed by atoms with van der Waals surface area (Å²) < 4.78 is 5.05. The summed E-state index contributed by atoms with van der Waals surface area (Å²) in [4.78, 5) is 23.0. The van der Waals surface area contributed by atoms with Crippen molar-refractivity contribution in [3.63, 3.8) is 0 Å². The van der Waals surface area contributed by atoms with Crippen LogP contribution in [0.3, 0.4) is 0 Å². The van der Waals surface area contributed by atoms with Crippen molar-refractivity contribution >= 4 is 17.5 Å².